The Bertz CT molecular complexity index is 1140. The van der Waals surface area contributed by atoms with E-state index in [9.17, 15) is 19.2 Å². The lowest BCUT2D eigenvalue weighted by Gasteiger charge is -2.18. The van der Waals surface area contributed by atoms with Crippen LogP contribution in [0.3, 0.4) is 0 Å². The van der Waals surface area contributed by atoms with E-state index >= 15 is 0 Å². The van der Waals surface area contributed by atoms with E-state index in [0.717, 1.165) is 15.0 Å². The number of rotatable bonds is 9. The summed E-state index contributed by atoms with van der Waals surface area (Å²) in [5.74, 6) is -2.15. The average molecular weight is 548 g/mol. The minimum absolute atomic E-state index is 0.0645. The van der Waals surface area contributed by atoms with Gasteiger partial charge in [-0.15, -0.1) is 0 Å². The molecule has 1 saturated heterocycles. The van der Waals surface area contributed by atoms with Crippen LogP contribution in [0.5, 0.6) is 11.5 Å². The Morgan fingerprint density at radius 3 is 2.51 bits per heavy atom. The second-order valence-corrected chi connectivity index (χ2v) is 8.64. The van der Waals surface area contributed by atoms with E-state index < -0.39 is 36.2 Å². The van der Waals surface area contributed by atoms with Crippen LogP contribution in [0, 0.1) is 5.92 Å². The van der Waals surface area contributed by atoms with Crippen LogP contribution in [0.1, 0.15) is 29.3 Å². The quantitative estimate of drug-likeness (QED) is 0.462. The molecule has 0 bridgehead atoms. The summed E-state index contributed by atoms with van der Waals surface area (Å²) in [4.78, 5) is 49.6. The molecule has 0 spiro atoms. The maximum absolute atomic E-state index is 12.6. The number of amides is 3. The van der Waals surface area contributed by atoms with Gasteiger partial charge in [-0.2, -0.15) is 0 Å². The molecular weight excluding hydrogens is 522 g/mol. The van der Waals surface area contributed by atoms with Crippen LogP contribution >= 0.6 is 15.9 Å². The zero-order valence-corrected chi connectivity index (χ0v) is 21.1. The van der Waals surface area contributed by atoms with Gasteiger partial charge >= 0.3 is 5.97 Å². The number of anilines is 1. The number of carbonyl (C=O) groups excluding carboxylic acids is 4. The largest absolute Gasteiger partial charge is 0.493 e. The van der Waals surface area contributed by atoms with E-state index in [1.54, 1.807) is 18.2 Å². The molecule has 11 heteroatoms. The van der Waals surface area contributed by atoms with Gasteiger partial charge in [-0.05, 0) is 48.4 Å². The van der Waals surface area contributed by atoms with E-state index in [1.807, 2.05) is 13.0 Å². The van der Waals surface area contributed by atoms with Crippen LogP contribution in [0.25, 0.3) is 0 Å². The van der Waals surface area contributed by atoms with E-state index in [4.69, 9.17) is 14.2 Å². The number of hydrogen-bond acceptors (Lipinski definition) is 7. The van der Waals surface area contributed by atoms with Crippen molar-refractivity contribution in [1.82, 2.24) is 10.4 Å². The SMILES string of the molecule is CCc1cc(Br)ccc1NC(=O)COC(=O)[C@@H]1CC(=O)N(NC(=O)c2ccc(OC)c(OC)c2)C1. The van der Waals surface area contributed by atoms with Gasteiger partial charge in [0, 0.05) is 22.1 Å². The monoisotopic (exact) mass is 547 g/mol. The molecule has 2 aromatic carbocycles. The third kappa shape index (κ3) is 6.50. The molecule has 10 nitrogen and oxygen atoms in total. The number of nitrogens with zero attached hydrogens (tertiary/aromatic N) is 1. The third-order valence-electron chi connectivity index (χ3n) is 5.41. The molecule has 1 heterocycles. The van der Waals surface area contributed by atoms with Crippen LogP contribution in [0.4, 0.5) is 5.69 Å². The summed E-state index contributed by atoms with van der Waals surface area (Å²) in [7, 11) is 2.92. The molecule has 3 amide bonds. The molecule has 2 N–H and O–H groups in total. The number of hydrazine groups is 1. The lowest BCUT2D eigenvalue weighted by Crippen LogP contribution is -2.43. The summed E-state index contributed by atoms with van der Waals surface area (Å²) in [5.41, 5.74) is 4.31. The third-order valence-corrected chi connectivity index (χ3v) is 5.90. The van der Waals surface area contributed by atoms with E-state index in [2.05, 4.69) is 26.7 Å². The number of hydrogen-bond donors (Lipinski definition) is 2. The van der Waals surface area contributed by atoms with Crippen LogP contribution in [0.15, 0.2) is 40.9 Å². The molecule has 2 aromatic rings. The molecule has 35 heavy (non-hydrogen) atoms. The first kappa shape index (κ1) is 26.0. The second-order valence-electron chi connectivity index (χ2n) is 7.73. The molecule has 0 aromatic heterocycles. The van der Waals surface area contributed by atoms with Gasteiger partial charge in [0.05, 0.1) is 26.7 Å². The normalized spacial score (nSPS) is 14.9. The summed E-state index contributed by atoms with van der Waals surface area (Å²) < 4.78 is 16.3. The van der Waals surface area contributed by atoms with Gasteiger partial charge in [0.15, 0.2) is 18.1 Å². The van der Waals surface area contributed by atoms with Gasteiger partial charge in [-0.3, -0.25) is 29.6 Å². The summed E-state index contributed by atoms with van der Waals surface area (Å²) >= 11 is 3.39. The fourth-order valence-corrected chi connectivity index (χ4v) is 3.96. The number of benzene rings is 2. The minimum Gasteiger partial charge on any atom is -0.493 e. The van der Waals surface area contributed by atoms with Crippen molar-refractivity contribution in [3.05, 3.63) is 52.0 Å². The predicted octanol–water partition coefficient (Wildman–Crippen LogP) is 2.70. The number of halogens is 1. The molecule has 3 rings (SSSR count). The van der Waals surface area contributed by atoms with Crippen molar-refractivity contribution in [2.75, 3.05) is 32.7 Å². The topological polar surface area (TPSA) is 123 Å². The Morgan fingerprint density at radius 2 is 1.83 bits per heavy atom. The van der Waals surface area contributed by atoms with Gasteiger partial charge in [0.25, 0.3) is 11.8 Å². The van der Waals surface area contributed by atoms with Gasteiger partial charge in [-0.25, -0.2) is 0 Å². The highest BCUT2D eigenvalue weighted by atomic mass is 79.9. The fraction of sp³-hybridized carbons (Fsp3) is 0.333. The fourth-order valence-electron chi connectivity index (χ4n) is 3.56. The lowest BCUT2D eigenvalue weighted by molar-refractivity contribution is -0.151. The molecule has 1 aliphatic rings. The highest BCUT2D eigenvalue weighted by Crippen LogP contribution is 2.28. The average Bonchev–Trinajstić information content (AvgIpc) is 3.22. The summed E-state index contributed by atoms with van der Waals surface area (Å²) in [5, 5.41) is 3.79. The van der Waals surface area contributed by atoms with Crippen LogP contribution in [-0.4, -0.2) is 56.1 Å². The molecule has 0 radical (unpaired) electrons. The number of aryl methyl sites for hydroxylation is 1. The van der Waals surface area contributed by atoms with Crippen molar-refractivity contribution in [1.29, 1.82) is 0 Å². The standard InChI is InChI=1S/C24H26BrN3O7/c1-4-14-9-17(25)6-7-18(14)26-21(29)13-35-24(32)16-11-22(30)28(12-16)27-23(31)15-5-8-19(33-2)20(10-15)34-3/h5-10,16H,4,11-13H2,1-3H3,(H,26,29)(H,27,31)/t16-/m1/s1. The second kappa shape index (κ2) is 11.7. The Hall–Kier alpha value is -3.60. The molecule has 0 saturated carbocycles. The first-order chi connectivity index (χ1) is 16.7. The first-order valence-electron chi connectivity index (χ1n) is 10.8. The highest BCUT2D eigenvalue weighted by molar-refractivity contribution is 9.10. The number of ether oxygens (including phenoxy) is 3. The minimum atomic E-state index is -0.806. The van der Waals surface area contributed by atoms with E-state index in [0.29, 0.717) is 23.6 Å². The number of nitrogens with one attached hydrogen (secondary N) is 2. The van der Waals surface area contributed by atoms with E-state index in [-0.39, 0.29) is 18.5 Å². The Balaban J connectivity index is 1.52. The van der Waals surface area contributed by atoms with Crippen molar-refractivity contribution < 1.29 is 33.4 Å². The highest BCUT2D eigenvalue weighted by Gasteiger charge is 2.36. The summed E-state index contributed by atoms with van der Waals surface area (Å²) in [6.07, 6.45) is 0.573. The number of methoxy groups -OCH3 is 2. The Morgan fingerprint density at radius 1 is 1.09 bits per heavy atom. The van der Waals surface area contributed by atoms with Crippen molar-refractivity contribution in [2.45, 2.75) is 19.8 Å². The lowest BCUT2D eigenvalue weighted by atomic mass is 10.1. The zero-order chi connectivity index (χ0) is 25.5. The van der Waals surface area contributed by atoms with Gasteiger partial charge in [0.2, 0.25) is 5.91 Å². The van der Waals surface area contributed by atoms with Crippen LogP contribution in [-0.2, 0) is 25.5 Å². The molecular formula is C24H26BrN3O7. The van der Waals surface area contributed by atoms with E-state index in [1.165, 1.54) is 26.4 Å². The van der Waals surface area contributed by atoms with Crippen molar-refractivity contribution in [3.8, 4) is 11.5 Å². The molecule has 1 atom stereocenters. The molecule has 0 aliphatic carbocycles. The first-order valence-corrected chi connectivity index (χ1v) is 11.6. The zero-order valence-electron chi connectivity index (χ0n) is 19.6. The smallest absolute Gasteiger partial charge is 0.311 e. The van der Waals surface area contributed by atoms with Crippen molar-refractivity contribution in [3.63, 3.8) is 0 Å². The molecule has 1 fully saturated rings. The van der Waals surface area contributed by atoms with Gasteiger partial charge < -0.3 is 19.5 Å². The van der Waals surface area contributed by atoms with Crippen LogP contribution < -0.4 is 20.2 Å². The van der Waals surface area contributed by atoms with Crippen molar-refractivity contribution >= 4 is 45.3 Å². The maximum Gasteiger partial charge on any atom is 0.311 e. The molecule has 0 unspecified atom stereocenters. The Labute approximate surface area is 211 Å². The van der Waals surface area contributed by atoms with Gasteiger partial charge in [-0.1, -0.05) is 22.9 Å². The Kier molecular flexibility index (Phi) is 8.69. The van der Waals surface area contributed by atoms with Crippen LogP contribution in [0.2, 0.25) is 0 Å². The van der Waals surface area contributed by atoms with Gasteiger partial charge in [0.1, 0.15) is 0 Å². The molecule has 1 aliphatic heterocycles. The van der Waals surface area contributed by atoms with Crippen molar-refractivity contribution in [2.24, 2.45) is 5.92 Å². The maximum atomic E-state index is 12.6. The molecule has 186 valence electrons. The predicted molar refractivity (Wildman–Crippen MR) is 130 cm³/mol. The summed E-state index contributed by atoms with van der Waals surface area (Å²) in [6, 6.07) is 10.0. The summed E-state index contributed by atoms with van der Waals surface area (Å²) in [6.45, 7) is 1.41. The number of carbonyl (C=O) groups is 4. The number of esters is 1.